The molecule has 0 aromatic heterocycles. The Bertz CT molecular complexity index is 742. The molecule has 1 rings (SSSR count). The van der Waals surface area contributed by atoms with E-state index >= 15 is 0 Å². The van der Waals surface area contributed by atoms with Crippen molar-refractivity contribution in [3.8, 4) is 0 Å². The van der Waals surface area contributed by atoms with E-state index in [1.165, 1.54) is 28.2 Å². The summed E-state index contributed by atoms with van der Waals surface area (Å²) in [7, 11) is -2.58. The molecule has 0 aliphatic heterocycles. The number of hydrogen-bond donors (Lipinski definition) is 0. The highest BCUT2D eigenvalue weighted by molar-refractivity contribution is 7.90. The van der Waals surface area contributed by atoms with Gasteiger partial charge in [0.2, 0.25) is 20.0 Å². The van der Waals surface area contributed by atoms with Gasteiger partial charge < -0.3 is 4.74 Å². The number of esters is 1. The van der Waals surface area contributed by atoms with Crippen LogP contribution in [0.4, 0.5) is 0 Å². The summed E-state index contributed by atoms with van der Waals surface area (Å²) in [5, 5.41) is 0. The maximum atomic E-state index is 12.3. The average molecular weight is 364 g/mol. The Hall–Kier alpha value is -1.49. The first-order valence-corrected chi connectivity index (χ1v) is 9.50. The summed E-state index contributed by atoms with van der Waals surface area (Å²) >= 11 is 0. The zero-order valence-electron chi connectivity index (χ0n) is 13.6. The van der Waals surface area contributed by atoms with Gasteiger partial charge >= 0.3 is 5.97 Å². The number of carbonyl (C=O) groups is 1. The number of ether oxygens (including phenoxy) is 1. The van der Waals surface area contributed by atoms with Gasteiger partial charge in [0, 0.05) is 28.2 Å². The lowest BCUT2D eigenvalue weighted by Gasteiger charge is -2.16. The molecule has 23 heavy (non-hydrogen) atoms. The molecule has 0 fully saturated rings. The van der Waals surface area contributed by atoms with Gasteiger partial charge in [0.1, 0.15) is 0 Å². The number of hydrogen-bond acceptors (Lipinski definition) is 6. The molecule has 0 aliphatic rings. The number of nitrogens with zero attached hydrogens (tertiary/aromatic N) is 2. The lowest BCUT2D eigenvalue weighted by Crippen LogP contribution is -2.25. The van der Waals surface area contributed by atoms with Gasteiger partial charge in [0.15, 0.2) is 0 Å². The molecule has 0 spiro atoms. The minimum Gasteiger partial charge on any atom is -0.462 e. The first kappa shape index (κ1) is 19.6. The zero-order valence-corrected chi connectivity index (χ0v) is 15.2. The van der Waals surface area contributed by atoms with E-state index in [2.05, 4.69) is 0 Å². The fourth-order valence-electron chi connectivity index (χ4n) is 1.62. The van der Waals surface area contributed by atoms with Gasteiger partial charge in [-0.15, -0.1) is 0 Å². The van der Waals surface area contributed by atoms with Crippen LogP contribution in [0.1, 0.15) is 17.3 Å². The van der Waals surface area contributed by atoms with Crippen LogP contribution >= 0.6 is 0 Å². The van der Waals surface area contributed by atoms with Crippen molar-refractivity contribution in [3.05, 3.63) is 23.8 Å². The number of benzene rings is 1. The Labute approximate surface area is 136 Å². The van der Waals surface area contributed by atoms with Crippen molar-refractivity contribution in [2.75, 3.05) is 34.8 Å². The molecule has 0 aliphatic carbocycles. The molecule has 0 atom stereocenters. The van der Waals surface area contributed by atoms with Crippen LogP contribution in [0.25, 0.3) is 0 Å². The van der Waals surface area contributed by atoms with Crippen LogP contribution in [-0.2, 0) is 24.8 Å². The summed E-state index contributed by atoms with van der Waals surface area (Å²) in [6.45, 7) is 1.68. The van der Waals surface area contributed by atoms with Crippen molar-refractivity contribution >= 4 is 26.0 Å². The van der Waals surface area contributed by atoms with E-state index < -0.39 is 26.0 Å². The van der Waals surface area contributed by atoms with Crippen LogP contribution in [-0.4, -0.2) is 66.2 Å². The van der Waals surface area contributed by atoms with Gasteiger partial charge in [0.05, 0.1) is 22.0 Å². The molecule has 8 nitrogen and oxygen atoms in total. The van der Waals surface area contributed by atoms with Crippen molar-refractivity contribution in [2.24, 2.45) is 0 Å². The first-order chi connectivity index (χ1) is 10.4. The molecule has 1 aromatic carbocycles. The van der Waals surface area contributed by atoms with E-state index in [-0.39, 0.29) is 22.0 Å². The third-order valence-corrected chi connectivity index (χ3v) is 6.53. The molecule has 0 heterocycles. The van der Waals surface area contributed by atoms with E-state index in [4.69, 9.17) is 4.74 Å². The molecule has 1 aromatic rings. The maximum Gasteiger partial charge on any atom is 0.338 e. The summed E-state index contributed by atoms with van der Waals surface area (Å²) in [5.41, 5.74) is -0.143. The van der Waals surface area contributed by atoms with Gasteiger partial charge in [-0.1, -0.05) is 0 Å². The fourth-order valence-corrected chi connectivity index (χ4v) is 3.64. The summed E-state index contributed by atoms with van der Waals surface area (Å²) < 4.78 is 55.8. The molecule has 130 valence electrons. The molecule has 0 N–H and O–H groups in total. The minimum absolute atomic E-state index is 0.0826. The van der Waals surface area contributed by atoms with Crippen molar-refractivity contribution in [2.45, 2.75) is 16.7 Å². The monoisotopic (exact) mass is 364 g/mol. The topological polar surface area (TPSA) is 101 Å². The van der Waals surface area contributed by atoms with Gasteiger partial charge in [-0.25, -0.2) is 30.2 Å². The number of sulfonamides is 2. The van der Waals surface area contributed by atoms with Crippen LogP contribution in [0, 0.1) is 0 Å². The first-order valence-electron chi connectivity index (χ1n) is 6.61. The Morgan fingerprint density at radius 3 is 1.61 bits per heavy atom. The third kappa shape index (κ3) is 4.08. The quantitative estimate of drug-likeness (QED) is 0.676. The SMILES string of the molecule is CCOC(=O)c1cc(S(=O)(=O)N(C)C)cc(S(=O)(=O)N(C)C)c1. The van der Waals surface area contributed by atoms with E-state index in [0.29, 0.717) is 0 Å². The van der Waals surface area contributed by atoms with Crippen LogP contribution in [0.2, 0.25) is 0 Å². The minimum atomic E-state index is -3.91. The van der Waals surface area contributed by atoms with Crippen molar-refractivity contribution < 1.29 is 26.4 Å². The van der Waals surface area contributed by atoms with E-state index in [0.717, 1.165) is 26.8 Å². The molecule has 0 saturated heterocycles. The van der Waals surface area contributed by atoms with Crippen LogP contribution < -0.4 is 0 Å². The second-order valence-electron chi connectivity index (χ2n) is 4.99. The molecule has 10 heteroatoms. The summed E-state index contributed by atoms with van der Waals surface area (Å²) in [6.07, 6.45) is 0. The second-order valence-corrected chi connectivity index (χ2v) is 9.29. The summed E-state index contributed by atoms with van der Waals surface area (Å²) in [6, 6.07) is 3.22. The van der Waals surface area contributed by atoms with Crippen LogP contribution in [0.15, 0.2) is 28.0 Å². The molecule has 0 radical (unpaired) electrons. The number of carbonyl (C=O) groups excluding carboxylic acids is 1. The van der Waals surface area contributed by atoms with Gasteiger partial charge in [-0.3, -0.25) is 0 Å². The maximum absolute atomic E-state index is 12.3. The lowest BCUT2D eigenvalue weighted by molar-refractivity contribution is 0.0525. The van der Waals surface area contributed by atoms with Gasteiger partial charge in [-0.2, -0.15) is 0 Å². The smallest absolute Gasteiger partial charge is 0.338 e. The second kappa shape index (κ2) is 6.95. The summed E-state index contributed by atoms with van der Waals surface area (Å²) in [4.78, 5) is 11.3. The van der Waals surface area contributed by atoms with E-state index in [1.807, 2.05) is 0 Å². The van der Waals surface area contributed by atoms with Crippen molar-refractivity contribution in [3.63, 3.8) is 0 Å². The van der Waals surface area contributed by atoms with Crippen LogP contribution in [0.5, 0.6) is 0 Å². The standard InChI is InChI=1S/C13H20N2O6S2/c1-6-21-13(16)10-7-11(22(17,18)14(2)3)9-12(8-10)23(19,20)15(4)5/h7-9H,6H2,1-5H3. The average Bonchev–Trinajstić information content (AvgIpc) is 2.46. The molecular formula is C13H20N2O6S2. The zero-order chi connectivity index (χ0) is 18.0. The fraction of sp³-hybridized carbons (Fsp3) is 0.462. The highest BCUT2D eigenvalue weighted by atomic mass is 32.2. The predicted molar refractivity (Wildman–Crippen MR) is 84.1 cm³/mol. The Morgan fingerprint density at radius 2 is 1.30 bits per heavy atom. The van der Waals surface area contributed by atoms with Crippen molar-refractivity contribution in [1.29, 1.82) is 0 Å². The highest BCUT2D eigenvalue weighted by Gasteiger charge is 2.26. The molecule has 0 unspecified atom stereocenters. The Balaban J connectivity index is 3.68. The molecule has 0 amide bonds. The molecule has 0 saturated carbocycles. The predicted octanol–water partition coefficient (Wildman–Crippen LogP) is 0.364. The Morgan fingerprint density at radius 1 is 0.913 bits per heavy atom. The Kier molecular flexibility index (Phi) is 5.91. The van der Waals surface area contributed by atoms with E-state index in [9.17, 15) is 21.6 Å². The van der Waals surface area contributed by atoms with Crippen LogP contribution in [0.3, 0.4) is 0 Å². The largest absolute Gasteiger partial charge is 0.462 e. The number of rotatable bonds is 6. The normalized spacial score (nSPS) is 12.7. The van der Waals surface area contributed by atoms with E-state index in [1.54, 1.807) is 6.92 Å². The van der Waals surface area contributed by atoms with Gasteiger partial charge in [0.25, 0.3) is 0 Å². The summed E-state index contributed by atoms with van der Waals surface area (Å²) in [5.74, 6) is -0.793. The van der Waals surface area contributed by atoms with Crippen molar-refractivity contribution in [1.82, 2.24) is 8.61 Å². The third-order valence-electron chi connectivity index (χ3n) is 2.95. The highest BCUT2D eigenvalue weighted by Crippen LogP contribution is 2.23. The molecular weight excluding hydrogens is 344 g/mol. The molecule has 0 bridgehead atoms. The van der Waals surface area contributed by atoms with Gasteiger partial charge in [-0.05, 0) is 25.1 Å². The lowest BCUT2D eigenvalue weighted by atomic mass is 10.2.